The van der Waals surface area contributed by atoms with Crippen LogP contribution in [0.2, 0.25) is 5.02 Å². The van der Waals surface area contributed by atoms with E-state index in [-0.39, 0.29) is 0 Å². The van der Waals surface area contributed by atoms with E-state index in [9.17, 15) is 0 Å². The number of halogens is 2. The number of anilines is 1. The number of nitrogens with zero attached hydrogens (tertiary/aromatic N) is 2. The average Bonchev–Trinajstić information content (AvgIpc) is 2.41. The highest BCUT2D eigenvalue weighted by molar-refractivity contribution is 9.08. The first kappa shape index (κ1) is 14.4. The maximum atomic E-state index is 6.19. The van der Waals surface area contributed by atoms with Gasteiger partial charge in [0.15, 0.2) is 0 Å². The Morgan fingerprint density at radius 3 is 2.68 bits per heavy atom. The van der Waals surface area contributed by atoms with Crippen LogP contribution in [-0.2, 0) is 11.9 Å². The molecule has 0 atom stereocenters. The Labute approximate surface area is 127 Å². The summed E-state index contributed by atoms with van der Waals surface area (Å²) in [6, 6.07) is 10.1. The summed E-state index contributed by atoms with van der Waals surface area (Å²) < 4.78 is 0. The molecule has 2 aromatic rings. The van der Waals surface area contributed by atoms with Gasteiger partial charge >= 0.3 is 0 Å². The molecule has 2 nitrogen and oxygen atoms in total. The van der Waals surface area contributed by atoms with Crippen LogP contribution in [0, 0.1) is 6.92 Å². The van der Waals surface area contributed by atoms with Crippen LogP contribution in [0.15, 0.2) is 36.5 Å². The maximum Gasteiger partial charge on any atom is 0.131 e. The standard InChI is InChI=1S/C15H16BrClN2/c1-11-7-12(8-16)9-18-15(11)19(2)10-13-5-3-4-6-14(13)17/h3-7,9H,8,10H2,1-2H3. The van der Waals surface area contributed by atoms with Crippen LogP contribution in [0.25, 0.3) is 0 Å². The molecule has 0 saturated heterocycles. The van der Waals surface area contributed by atoms with Gasteiger partial charge in [0.1, 0.15) is 5.82 Å². The summed E-state index contributed by atoms with van der Waals surface area (Å²) in [5, 5.41) is 1.62. The monoisotopic (exact) mass is 338 g/mol. The number of aromatic nitrogens is 1. The van der Waals surface area contributed by atoms with Crippen LogP contribution in [0.1, 0.15) is 16.7 Å². The normalized spacial score (nSPS) is 10.5. The molecule has 0 saturated carbocycles. The zero-order valence-corrected chi connectivity index (χ0v) is 13.4. The van der Waals surface area contributed by atoms with E-state index in [1.54, 1.807) is 0 Å². The molecule has 2 rings (SSSR count). The Morgan fingerprint density at radius 2 is 2.05 bits per heavy atom. The van der Waals surface area contributed by atoms with Crippen LogP contribution in [0.3, 0.4) is 0 Å². The van der Waals surface area contributed by atoms with Crippen molar-refractivity contribution in [3.05, 3.63) is 58.2 Å². The van der Waals surface area contributed by atoms with Gasteiger partial charge in [-0.25, -0.2) is 4.98 Å². The van der Waals surface area contributed by atoms with Gasteiger partial charge in [-0.3, -0.25) is 0 Å². The second-order valence-electron chi connectivity index (χ2n) is 4.57. The number of rotatable bonds is 4. The Balaban J connectivity index is 2.21. The minimum absolute atomic E-state index is 0.751. The van der Waals surface area contributed by atoms with Gasteiger partial charge in [-0.1, -0.05) is 51.8 Å². The highest BCUT2D eigenvalue weighted by Crippen LogP contribution is 2.22. The molecule has 0 aliphatic heterocycles. The van der Waals surface area contributed by atoms with Gasteiger partial charge in [0.05, 0.1) is 0 Å². The van der Waals surface area contributed by atoms with E-state index in [4.69, 9.17) is 11.6 Å². The van der Waals surface area contributed by atoms with E-state index >= 15 is 0 Å². The lowest BCUT2D eigenvalue weighted by Gasteiger charge is -2.21. The molecular formula is C15H16BrClN2. The van der Waals surface area contributed by atoms with Crippen molar-refractivity contribution in [2.45, 2.75) is 18.8 Å². The summed E-state index contributed by atoms with van der Waals surface area (Å²) in [6.45, 7) is 2.83. The summed E-state index contributed by atoms with van der Waals surface area (Å²) in [5.74, 6) is 0.990. The molecule has 19 heavy (non-hydrogen) atoms. The molecule has 1 aromatic heterocycles. The van der Waals surface area contributed by atoms with Crippen LogP contribution < -0.4 is 4.90 Å². The Kier molecular flexibility index (Phi) is 4.83. The maximum absolute atomic E-state index is 6.19. The number of hydrogen-bond acceptors (Lipinski definition) is 2. The van der Waals surface area contributed by atoms with Crippen molar-refractivity contribution < 1.29 is 0 Å². The largest absolute Gasteiger partial charge is 0.355 e. The van der Waals surface area contributed by atoms with Gasteiger partial charge in [-0.05, 0) is 29.7 Å². The molecule has 1 aromatic carbocycles. The molecule has 100 valence electrons. The fraction of sp³-hybridized carbons (Fsp3) is 0.267. The minimum Gasteiger partial charge on any atom is -0.355 e. The lowest BCUT2D eigenvalue weighted by Crippen LogP contribution is -2.19. The topological polar surface area (TPSA) is 16.1 Å². The lowest BCUT2D eigenvalue weighted by atomic mass is 10.2. The Hall–Kier alpha value is -1.06. The molecule has 0 bridgehead atoms. The molecule has 0 aliphatic carbocycles. The van der Waals surface area contributed by atoms with Gasteiger partial charge in [0.2, 0.25) is 0 Å². The molecule has 1 heterocycles. The predicted molar refractivity (Wildman–Crippen MR) is 85.2 cm³/mol. The summed E-state index contributed by atoms with van der Waals surface area (Å²) in [6.07, 6.45) is 1.90. The smallest absolute Gasteiger partial charge is 0.131 e. The van der Waals surface area contributed by atoms with E-state index in [0.717, 1.165) is 28.3 Å². The van der Waals surface area contributed by atoms with Gasteiger partial charge in [-0.15, -0.1) is 0 Å². The van der Waals surface area contributed by atoms with E-state index < -0.39 is 0 Å². The van der Waals surface area contributed by atoms with E-state index in [2.05, 4.69) is 38.8 Å². The molecule has 0 fully saturated rings. The van der Waals surface area contributed by atoms with Crippen LogP contribution in [0.5, 0.6) is 0 Å². The fourth-order valence-corrected chi connectivity index (χ4v) is 2.56. The molecule has 0 amide bonds. The molecule has 0 unspecified atom stereocenters. The number of pyridine rings is 1. The third-order valence-corrected chi connectivity index (χ3v) is 4.00. The number of aryl methyl sites for hydroxylation is 1. The number of hydrogen-bond donors (Lipinski definition) is 0. The van der Waals surface area contributed by atoms with Crippen molar-refractivity contribution in [2.75, 3.05) is 11.9 Å². The minimum atomic E-state index is 0.751. The van der Waals surface area contributed by atoms with Crippen molar-refractivity contribution in [3.8, 4) is 0 Å². The van der Waals surface area contributed by atoms with Crippen LogP contribution >= 0.6 is 27.5 Å². The number of alkyl halides is 1. The molecule has 4 heteroatoms. The zero-order valence-electron chi connectivity index (χ0n) is 11.0. The SMILES string of the molecule is Cc1cc(CBr)cnc1N(C)Cc1ccccc1Cl. The van der Waals surface area contributed by atoms with E-state index in [1.807, 2.05) is 37.5 Å². The van der Waals surface area contributed by atoms with Crippen LogP contribution in [0.4, 0.5) is 5.82 Å². The van der Waals surface area contributed by atoms with Gasteiger partial charge in [0.25, 0.3) is 0 Å². The number of benzene rings is 1. The van der Waals surface area contributed by atoms with Crippen molar-refractivity contribution in [2.24, 2.45) is 0 Å². The molecule has 0 aliphatic rings. The van der Waals surface area contributed by atoms with Crippen molar-refractivity contribution in [1.29, 1.82) is 0 Å². The summed E-state index contributed by atoms with van der Waals surface area (Å²) in [4.78, 5) is 6.65. The predicted octanol–water partition coefficient (Wildman–Crippen LogP) is 4.57. The Morgan fingerprint density at radius 1 is 1.32 bits per heavy atom. The third kappa shape index (κ3) is 3.48. The zero-order chi connectivity index (χ0) is 13.8. The van der Waals surface area contributed by atoms with Crippen molar-refractivity contribution >= 4 is 33.3 Å². The first-order valence-electron chi connectivity index (χ1n) is 6.08. The third-order valence-electron chi connectivity index (χ3n) is 2.99. The average molecular weight is 340 g/mol. The lowest BCUT2D eigenvalue weighted by molar-refractivity contribution is 0.889. The fourth-order valence-electron chi connectivity index (χ4n) is 2.06. The van der Waals surface area contributed by atoms with Gasteiger partial charge in [0, 0.05) is 30.1 Å². The van der Waals surface area contributed by atoms with Gasteiger partial charge in [-0.2, -0.15) is 0 Å². The first-order valence-corrected chi connectivity index (χ1v) is 7.58. The summed E-state index contributed by atoms with van der Waals surface area (Å²) >= 11 is 9.64. The van der Waals surface area contributed by atoms with Gasteiger partial charge < -0.3 is 4.90 Å². The first-order chi connectivity index (χ1) is 9.11. The Bertz CT molecular complexity index is 572. The second-order valence-corrected chi connectivity index (χ2v) is 5.53. The summed E-state index contributed by atoms with van der Waals surface area (Å²) in [7, 11) is 2.03. The van der Waals surface area contributed by atoms with E-state index in [1.165, 1.54) is 11.1 Å². The highest BCUT2D eigenvalue weighted by atomic mass is 79.9. The van der Waals surface area contributed by atoms with E-state index in [0.29, 0.717) is 0 Å². The highest BCUT2D eigenvalue weighted by Gasteiger charge is 2.09. The van der Waals surface area contributed by atoms with Crippen molar-refractivity contribution in [1.82, 2.24) is 4.98 Å². The van der Waals surface area contributed by atoms with Crippen LogP contribution in [-0.4, -0.2) is 12.0 Å². The second kappa shape index (κ2) is 6.40. The molecule has 0 N–H and O–H groups in total. The molecule has 0 spiro atoms. The van der Waals surface area contributed by atoms with Crippen molar-refractivity contribution in [3.63, 3.8) is 0 Å². The molecule has 0 radical (unpaired) electrons. The molecular weight excluding hydrogens is 324 g/mol. The quantitative estimate of drug-likeness (QED) is 0.758. The summed E-state index contributed by atoms with van der Waals surface area (Å²) in [5.41, 5.74) is 3.47.